The molecule has 0 aromatic rings. The van der Waals surface area contributed by atoms with E-state index in [4.69, 9.17) is 10.5 Å². The molecule has 0 aromatic heterocycles. The highest BCUT2D eigenvalue weighted by molar-refractivity contribution is 5.68. The first-order chi connectivity index (χ1) is 7.03. The molecule has 0 heterocycles. The Balaban J connectivity index is 4.18. The molecule has 16 heavy (non-hydrogen) atoms. The Morgan fingerprint density at radius 2 is 1.88 bits per heavy atom. The van der Waals surface area contributed by atoms with E-state index in [-0.39, 0.29) is 6.54 Å². The van der Waals surface area contributed by atoms with Crippen molar-refractivity contribution in [1.29, 1.82) is 0 Å². The quantitative estimate of drug-likeness (QED) is 0.793. The van der Waals surface area contributed by atoms with Crippen LogP contribution < -0.4 is 11.1 Å². The third-order valence-corrected chi connectivity index (χ3v) is 1.48. The van der Waals surface area contributed by atoms with Gasteiger partial charge >= 0.3 is 12.3 Å². The van der Waals surface area contributed by atoms with E-state index in [1.165, 1.54) is 0 Å². The van der Waals surface area contributed by atoms with Gasteiger partial charge in [0.2, 0.25) is 0 Å². The maximum Gasteiger partial charge on any atom is 0.407 e. The van der Waals surface area contributed by atoms with E-state index in [0.717, 1.165) is 0 Å². The molecule has 0 spiro atoms. The smallest absolute Gasteiger partial charge is 0.407 e. The van der Waals surface area contributed by atoms with Crippen LogP contribution in [0.4, 0.5) is 18.0 Å². The summed E-state index contributed by atoms with van der Waals surface area (Å²) in [5, 5.41) is 2.07. The van der Waals surface area contributed by atoms with Crippen molar-refractivity contribution in [3.05, 3.63) is 0 Å². The average Bonchev–Trinajstić information content (AvgIpc) is 1.96. The Morgan fingerprint density at radius 3 is 2.19 bits per heavy atom. The standard InChI is InChI=1S/C9H17F3N2O2/c1-8(2,3)16-7(15)14-6(5-13)4-9(10,11)12/h6H,4-5,13H2,1-3H3,(H,14,15). The lowest BCUT2D eigenvalue weighted by molar-refractivity contribution is -0.139. The zero-order chi connectivity index (χ0) is 13.0. The average molecular weight is 242 g/mol. The van der Waals surface area contributed by atoms with Crippen molar-refractivity contribution >= 4 is 6.09 Å². The number of nitrogens with two attached hydrogens (primary N) is 1. The zero-order valence-electron chi connectivity index (χ0n) is 9.52. The topological polar surface area (TPSA) is 64.3 Å². The monoisotopic (exact) mass is 242 g/mol. The maximum atomic E-state index is 12.0. The number of rotatable bonds is 3. The Morgan fingerprint density at radius 1 is 1.38 bits per heavy atom. The molecule has 0 radical (unpaired) electrons. The van der Waals surface area contributed by atoms with Gasteiger partial charge in [-0.2, -0.15) is 13.2 Å². The molecule has 96 valence electrons. The molecule has 0 rings (SSSR count). The van der Waals surface area contributed by atoms with Crippen molar-refractivity contribution in [2.24, 2.45) is 5.73 Å². The number of amides is 1. The molecule has 1 amide bonds. The van der Waals surface area contributed by atoms with Gasteiger partial charge in [-0.25, -0.2) is 4.79 Å². The van der Waals surface area contributed by atoms with Crippen LogP contribution in [0.15, 0.2) is 0 Å². The van der Waals surface area contributed by atoms with Crippen LogP contribution in [0.3, 0.4) is 0 Å². The van der Waals surface area contributed by atoms with Gasteiger partial charge in [-0.15, -0.1) is 0 Å². The summed E-state index contributed by atoms with van der Waals surface area (Å²) in [6, 6.07) is -1.16. The van der Waals surface area contributed by atoms with E-state index >= 15 is 0 Å². The Kier molecular flexibility index (Phi) is 5.05. The summed E-state index contributed by atoms with van der Waals surface area (Å²) < 4.78 is 40.9. The highest BCUT2D eigenvalue weighted by atomic mass is 19.4. The van der Waals surface area contributed by atoms with Crippen molar-refractivity contribution in [3.63, 3.8) is 0 Å². The number of hydrogen-bond acceptors (Lipinski definition) is 3. The minimum Gasteiger partial charge on any atom is -0.444 e. The van der Waals surface area contributed by atoms with Crippen LogP contribution in [0.25, 0.3) is 0 Å². The first kappa shape index (κ1) is 15.0. The predicted octanol–water partition coefficient (Wildman–Crippen LogP) is 1.79. The van der Waals surface area contributed by atoms with Gasteiger partial charge < -0.3 is 15.8 Å². The number of halogens is 3. The lowest BCUT2D eigenvalue weighted by atomic mass is 10.2. The maximum absolute atomic E-state index is 12.0. The summed E-state index contributed by atoms with van der Waals surface area (Å²) in [5.74, 6) is 0. The van der Waals surface area contributed by atoms with Gasteiger partial charge in [-0.05, 0) is 20.8 Å². The van der Waals surface area contributed by atoms with Gasteiger partial charge in [0.25, 0.3) is 0 Å². The number of carbonyl (C=O) groups is 1. The van der Waals surface area contributed by atoms with Gasteiger partial charge in [0, 0.05) is 6.54 Å². The summed E-state index contributed by atoms with van der Waals surface area (Å²) in [6.07, 6.45) is -6.42. The number of alkyl halides is 3. The second kappa shape index (κ2) is 5.38. The molecule has 4 nitrogen and oxygen atoms in total. The van der Waals surface area contributed by atoms with Crippen LogP contribution in [0.2, 0.25) is 0 Å². The zero-order valence-corrected chi connectivity index (χ0v) is 9.52. The molecule has 1 atom stereocenters. The summed E-state index contributed by atoms with van der Waals surface area (Å²) in [6.45, 7) is 4.56. The van der Waals surface area contributed by atoms with E-state index in [2.05, 4.69) is 5.32 Å². The van der Waals surface area contributed by atoms with Gasteiger partial charge in [-0.3, -0.25) is 0 Å². The largest absolute Gasteiger partial charge is 0.444 e. The van der Waals surface area contributed by atoms with E-state index in [9.17, 15) is 18.0 Å². The highest BCUT2D eigenvalue weighted by Crippen LogP contribution is 2.21. The number of alkyl carbamates (subject to hydrolysis) is 1. The lowest BCUT2D eigenvalue weighted by Crippen LogP contribution is -2.45. The number of hydrogen-bond donors (Lipinski definition) is 2. The van der Waals surface area contributed by atoms with Gasteiger partial charge in [0.15, 0.2) is 0 Å². The number of ether oxygens (including phenoxy) is 1. The molecule has 7 heteroatoms. The molecule has 0 aliphatic heterocycles. The number of nitrogens with one attached hydrogen (secondary N) is 1. The normalized spacial score (nSPS) is 14.4. The molecular formula is C9H17F3N2O2. The molecule has 0 aliphatic carbocycles. The SMILES string of the molecule is CC(C)(C)OC(=O)NC(CN)CC(F)(F)F. The van der Waals surface area contributed by atoms with Crippen molar-refractivity contribution < 1.29 is 22.7 Å². The van der Waals surface area contributed by atoms with Crippen LogP contribution in [0.1, 0.15) is 27.2 Å². The molecule has 0 aromatic carbocycles. The van der Waals surface area contributed by atoms with Gasteiger partial charge in [0.1, 0.15) is 5.60 Å². The summed E-state index contributed by atoms with van der Waals surface area (Å²) in [7, 11) is 0. The summed E-state index contributed by atoms with van der Waals surface area (Å²) in [5.41, 5.74) is 4.37. The Labute approximate surface area is 92.3 Å². The van der Waals surface area contributed by atoms with Crippen LogP contribution in [0.5, 0.6) is 0 Å². The van der Waals surface area contributed by atoms with Crippen LogP contribution >= 0.6 is 0 Å². The third kappa shape index (κ3) is 8.34. The Hall–Kier alpha value is -0.980. The molecule has 0 aliphatic rings. The second-order valence-electron chi connectivity index (χ2n) is 4.40. The van der Waals surface area contributed by atoms with E-state index in [1.54, 1.807) is 20.8 Å². The minimum atomic E-state index is -4.36. The van der Waals surface area contributed by atoms with Crippen molar-refractivity contribution in [3.8, 4) is 0 Å². The van der Waals surface area contributed by atoms with Crippen molar-refractivity contribution in [1.82, 2.24) is 5.32 Å². The molecule has 0 bridgehead atoms. The first-order valence-corrected chi connectivity index (χ1v) is 4.80. The fourth-order valence-corrected chi connectivity index (χ4v) is 0.947. The summed E-state index contributed by atoms with van der Waals surface area (Å²) >= 11 is 0. The summed E-state index contributed by atoms with van der Waals surface area (Å²) in [4.78, 5) is 11.2. The molecule has 0 saturated carbocycles. The van der Waals surface area contributed by atoms with Crippen LogP contribution in [0, 0.1) is 0 Å². The van der Waals surface area contributed by atoms with E-state index in [1.807, 2.05) is 0 Å². The van der Waals surface area contributed by atoms with Gasteiger partial charge in [-0.1, -0.05) is 0 Å². The van der Waals surface area contributed by atoms with Crippen LogP contribution in [-0.4, -0.2) is 30.5 Å². The third-order valence-electron chi connectivity index (χ3n) is 1.48. The molecule has 0 fully saturated rings. The molecule has 0 saturated heterocycles. The molecular weight excluding hydrogens is 225 g/mol. The molecule has 3 N–H and O–H groups in total. The lowest BCUT2D eigenvalue weighted by Gasteiger charge is -2.23. The fourth-order valence-electron chi connectivity index (χ4n) is 0.947. The van der Waals surface area contributed by atoms with E-state index < -0.39 is 30.3 Å². The van der Waals surface area contributed by atoms with Crippen molar-refractivity contribution in [2.45, 2.75) is 45.0 Å². The first-order valence-electron chi connectivity index (χ1n) is 4.80. The fraction of sp³-hybridized carbons (Fsp3) is 0.889. The number of carbonyl (C=O) groups excluding carboxylic acids is 1. The minimum absolute atomic E-state index is 0.293. The van der Waals surface area contributed by atoms with E-state index in [0.29, 0.717) is 0 Å². The molecule has 1 unspecified atom stereocenters. The van der Waals surface area contributed by atoms with Gasteiger partial charge in [0.05, 0.1) is 12.5 Å². The highest BCUT2D eigenvalue weighted by Gasteiger charge is 2.32. The van der Waals surface area contributed by atoms with Crippen molar-refractivity contribution in [2.75, 3.05) is 6.54 Å². The second-order valence-corrected chi connectivity index (χ2v) is 4.40. The Bertz CT molecular complexity index is 236. The predicted molar refractivity (Wildman–Crippen MR) is 52.9 cm³/mol. The van der Waals surface area contributed by atoms with Crippen LogP contribution in [-0.2, 0) is 4.74 Å².